The fraction of sp³-hybridized carbons (Fsp3) is 0.364. The molecular weight excluding hydrogens is 338 g/mol. The first-order valence-corrected chi connectivity index (χ1v) is 9.58. The van der Waals surface area contributed by atoms with Gasteiger partial charge in [0.2, 0.25) is 11.8 Å². The molecule has 27 heavy (non-hydrogen) atoms. The number of anilines is 3. The molecule has 0 unspecified atom stereocenters. The molecule has 1 heterocycles. The highest BCUT2D eigenvalue weighted by atomic mass is 16.2. The molecule has 1 aliphatic heterocycles. The summed E-state index contributed by atoms with van der Waals surface area (Å²) in [5, 5.41) is 2.86. The van der Waals surface area contributed by atoms with E-state index in [4.69, 9.17) is 0 Å². The number of aryl methyl sites for hydroxylation is 1. The molecule has 0 saturated carbocycles. The number of nitrogens with zero attached hydrogens (tertiary/aromatic N) is 2. The van der Waals surface area contributed by atoms with Gasteiger partial charge in [-0.15, -0.1) is 0 Å². The second kappa shape index (κ2) is 8.71. The molecule has 0 aromatic heterocycles. The maximum Gasteiger partial charge on any atom is 0.244 e. The summed E-state index contributed by atoms with van der Waals surface area (Å²) < 4.78 is 0. The molecule has 1 fully saturated rings. The van der Waals surface area contributed by atoms with Crippen LogP contribution in [0.15, 0.2) is 48.5 Å². The van der Waals surface area contributed by atoms with Crippen molar-refractivity contribution in [2.24, 2.45) is 0 Å². The maximum absolute atomic E-state index is 12.4. The Morgan fingerprint density at radius 2 is 1.63 bits per heavy atom. The van der Waals surface area contributed by atoms with Gasteiger partial charge in [-0.25, -0.2) is 0 Å². The van der Waals surface area contributed by atoms with Crippen LogP contribution in [0.5, 0.6) is 0 Å². The van der Waals surface area contributed by atoms with Gasteiger partial charge in [0, 0.05) is 37.1 Å². The third-order valence-electron chi connectivity index (χ3n) is 4.96. The predicted molar refractivity (Wildman–Crippen MR) is 110 cm³/mol. The van der Waals surface area contributed by atoms with Gasteiger partial charge in [-0.05, 0) is 61.2 Å². The monoisotopic (exact) mass is 365 g/mol. The van der Waals surface area contributed by atoms with Crippen LogP contribution in [0.25, 0.3) is 0 Å². The fourth-order valence-corrected chi connectivity index (χ4v) is 3.37. The van der Waals surface area contributed by atoms with E-state index in [1.165, 1.54) is 35.9 Å². The zero-order valence-electron chi connectivity index (χ0n) is 16.1. The lowest BCUT2D eigenvalue weighted by Crippen LogP contribution is -2.36. The van der Waals surface area contributed by atoms with Gasteiger partial charge < -0.3 is 15.1 Å². The second-order valence-electron chi connectivity index (χ2n) is 6.91. The molecule has 1 saturated heterocycles. The van der Waals surface area contributed by atoms with E-state index in [0.29, 0.717) is 0 Å². The highest BCUT2D eigenvalue weighted by Gasteiger charge is 2.17. The van der Waals surface area contributed by atoms with Crippen LogP contribution in [-0.2, 0) is 16.0 Å². The molecule has 2 amide bonds. The zero-order chi connectivity index (χ0) is 19.2. The lowest BCUT2D eigenvalue weighted by molar-refractivity contribution is -0.120. The van der Waals surface area contributed by atoms with E-state index in [1.807, 2.05) is 48.5 Å². The topological polar surface area (TPSA) is 52.7 Å². The molecule has 5 heteroatoms. The summed E-state index contributed by atoms with van der Waals surface area (Å²) in [7, 11) is 0. The average Bonchev–Trinajstić information content (AvgIpc) is 3.21. The molecule has 0 spiro atoms. The van der Waals surface area contributed by atoms with Gasteiger partial charge >= 0.3 is 0 Å². The molecule has 0 atom stereocenters. The van der Waals surface area contributed by atoms with E-state index in [-0.39, 0.29) is 18.4 Å². The normalized spacial score (nSPS) is 13.5. The minimum Gasteiger partial charge on any atom is -0.372 e. The van der Waals surface area contributed by atoms with E-state index < -0.39 is 0 Å². The Hall–Kier alpha value is -2.82. The number of hydrogen-bond acceptors (Lipinski definition) is 3. The van der Waals surface area contributed by atoms with E-state index >= 15 is 0 Å². The molecule has 0 aliphatic carbocycles. The third-order valence-corrected chi connectivity index (χ3v) is 4.96. The van der Waals surface area contributed by atoms with Gasteiger partial charge in [0.15, 0.2) is 0 Å². The Morgan fingerprint density at radius 3 is 2.19 bits per heavy atom. The van der Waals surface area contributed by atoms with Gasteiger partial charge in [-0.2, -0.15) is 0 Å². The van der Waals surface area contributed by atoms with Crippen molar-refractivity contribution in [2.75, 3.05) is 34.8 Å². The number of carbonyl (C=O) groups excluding carboxylic acids is 2. The van der Waals surface area contributed by atoms with Crippen molar-refractivity contribution >= 4 is 28.9 Å². The third kappa shape index (κ3) is 4.88. The lowest BCUT2D eigenvalue weighted by atomic mass is 10.1. The number of rotatable bonds is 6. The summed E-state index contributed by atoms with van der Waals surface area (Å²) in [6, 6.07) is 15.6. The van der Waals surface area contributed by atoms with Crippen LogP contribution in [0, 0.1) is 0 Å². The van der Waals surface area contributed by atoms with Crippen LogP contribution in [0.1, 0.15) is 32.3 Å². The molecule has 1 N–H and O–H groups in total. The smallest absolute Gasteiger partial charge is 0.244 e. The number of benzene rings is 2. The second-order valence-corrected chi connectivity index (χ2v) is 6.91. The van der Waals surface area contributed by atoms with Crippen LogP contribution >= 0.6 is 0 Å². The minimum atomic E-state index is -0.210. The summed E-state index contributed by atoms with van der Waals surface area (Å²) in [5.41, 5.74) is 3.86. The molecule has 5 nitrogen and oxygen atoms in total. The Bertz CT molecular complexity index is 778. The Balaban J connectivity index is 1.65. The molecular formula is C22H27N3O2. The van der Waals surface area contributed by atoms with Crippen molar-refractivity contribution in [3.63, 3.8) is 0 Å². The molecule has 0 bridgehead atoms. The van der Waals surface area contributed by atoms with E-state index in [2.05, 4.69) is 17.1 Å². The summed E-state index contributed by atoms with van der Waals surface area (Å²) in [5.74, 6) is -0.363. The van der Waals surface area contributed by atoms with Gasteiger partial charge in [-0.1, -0.05) is 19.1 Å². The molecule has 0 radical (unpaired) electrons. The first-order chi connectivity index (χ1) is 13.1. The largest absolute Gasteiger partial charge is 0.372 e. The van der Waals surface area contributed by atoms with Crippen LogP contribution < -0.4 is 15.1 Å². The van der Waals surface area contributed by atoms with Crippen molar-refractivity contribution in [1.82, 2.24) is 0 Å². The first kappa shape index (κ1) is 19.0. The van der Waals surface area contributed by atoms with Crippen molar-refractivity contribution in [2.45, 2.75) is 33.1 Å². The SMILES string of the molecule is CCc1ccc(NC(=O)CN(C(C)=O)c2ccc(N3CCCC3)cc2)cc1. The summed E-state index contributed by atoms with van der Waals surface area (Å²) in [4.78, 5) is 28.4. The molecule has 3 rings (SSSR count). The van der Waals surface area contributed by atoms with Gasteiger partial charge in [0.25, 0.3) is 0 Å². The summed E-state index contributed by atoms with van der Waals surface area (Å²) in [6.45, 7) is 5.73. The van der Waals surface area contributed by atoms with Gasteiger partial charge in [-0.3, -0.25) is 9.59 Å². The van der Waals surface area contributed by atoms with Crippen molar-refractivity contribution in [3.05, 3.63) is 54.1 Å². The molecule has 2 aromatic carbocycles. The van der Waals surface area contributed by atoms with Crippen LogP contribution in [0.2, 0.25) is 0 Å². The quantitative estimate of drug-likeness (QED) is 0.846. The molecule has 1 aliphatic rings. The van der Waals surface area contributed by atoms with Crippen molar-refractivity contribution in [3.8, 4) is 0 Å². The highest BCUT2D eigenvalue weighted by molar-refractivity contribution is 6.01. The van der Waals surface area contributed by atoms with Crippen molar-refractivity contribution in [1.29, 1.82) is 0 Å². The number of nitrogens with one attached hydrogen (secondary N) is 1. The van der Waals surface area contributed by atoms with Crippen LogP contribution in [0.4, 0.5) is 17.1 Å². The summed E-state index contributed by atoms with van der Waals surface area (Å²) >= 11 is 0. The Kier molecular flexibility index (Phi) is 6.12. The van der Waals surface area contributed by atoms with Gasteiger partial charge in [0.1, 0.15) is 6.54 Å². The minimum absolute atomic E-state index is 0.00603. The predicted octanol–water partition coefficient (Wildman–Crippen LogP) is 3.84. The maximum atomic E-state index is 12.4. The Labute approximate surface area is 161 Å². The molecule has 2 aromatic rings. The highest BCUT2D eigenvalue weighted by Crippen LogP contribution is 2.24. The van der Waals surface area contributed by atoms with E-state index in [1.54, 1.807) is 0 Å². The van der Waals surface area contributed by atoms with E-state index in [0.717, 1.165) is 30.9 Å². The zero-order valence-corrected chi connectivity index (χ0v) is 16.1. The number of amides is 2. The number of carbonyl (C=O) groups is 2. The van der Waals surface area contributed by atoms with Gasteiger partial charge in [0.05, 0.1) is 0 Å². The van der Waals surface area contributed by atoms with Crippen LogP contribution in [-0.4, -0.2) is 31.4 Å². The lowest BCUT2D eigenvalue weighted by Gasteiger charge is -2.23. The average molecular weight is 365 g/mol. The van der Waals surface area contributed by atoms with E-state index in [9.17, 15) is 9.59 Å². The summed E-state index contributed by atoms with van der Waals surface area (Å²) in [6.07, 6.45) is 3.40. The fourth-order valence-electron chi connectivity index (χ4n) is 3.37. The Morgan fingerprint density at radius 1 is 1.00 bits per heavy atom. The molecule has 142 valence electrons. The first-order valence-electron chi connectivity index (χ1n) is 9.58. The number of hydrogen-bond donors (Lipinski definition) is 1. The standard InChI is InChI=1S/C22H27N3O2/c1-3-18-6-8-19(9-7-18)23-22(27)16-25(17(2)26)21-12-10-20(11-13-21)24-14-4-5-15-24/h6-13H,3-5,14-16H2,1-2H3,(H,23,27). The van der Waals surface area contributed by atoms with Crippen LogP contribution in [0.3, 0.4) is 0 Å². The van der Waals surface area contributed by atoms with Crippen molar-refractivity contribution < 1.29 is 9.59 Å².